The fourth-order valence-corrected chi connectivity index (χ4v) is 3.89. The van der Waals surface area contributed by atoms with Gasteiger partial charge in [-0.2, -0.15) is 5.26 Å². The first-order valence-corrected chi connectivity index (χ1v) is 9.77. The molecule has 0 aliphatic rings. The minimum absolute atomic E-state index is 0.246. The molecular weight excluding hydrogens is 374 g/mol. The molecular formula is C19H17N7OS. The highest BCUT2D eigenvalue weighted by Crippen LogP contribution is 2.22. The first-order chi connectivity index (χ1) is 13.7. The Morgan fingerprint density at radius 2 is 2.07 bits per heavy atom. The van der Waals surface area contributed by atoms with Crippen LogP contribution in [-0.2, 0) is 18.7 Å². The first kappa shape index (κ1) is 18.0. The van der Waals surface area contributed by atoms with E-state index in [2.05, 4.69) is 43.9 Å². The molecule has 0 amide bonds. The average molecular weight is 391 g/mol. The molecule has 0 unspecified atom stereocenters. The number of aromatic nitrogens is 6. The van der Waals surface area contributed by atoms with Crippen LogP contribution in [0.5, 0.6) is 0 Å². The van der Waals surface area contributed by atoms with E-state index in [0.717, 1.165) is 17.5 Å². The molecule has 4 aromatic rings. The minimum Gasteiger partial charge on any atom is -0.306 e. The molecule has 1 N–H and O–H groups in total. The predicted octanol–water partition coefficient (Wildman–Crippen LogP) is 2.39. The highest BCUT2D eigenvalue weighted by molar-refractivity contribution is 7.98. The molecule has 0 fully saturated rings. The van der Waals surface area contributed by atoms with E-state index in [4.69, 9.17) is 5.26 Å². The van der Waals surface area contributed by atoms with Crippen molar-refractivity contribution in [3.8, 4) is 6.07 Å². The quantitative estimate of drug-likeness (QED) is 0.506. The van der Waals surface area contributed by atoms with E-state index in [9.17, 15) is 4.79 Å². The van der Waals surface area contributed by atoms with Crippen molar-refractivity contribution in [2.75, 3.05) is 0 Å². The molecule has 0 bridgehead atoms. The smallest absolute Gasteiger partial charge is 0.272 e. The number of thioether (sulfide) groups is 1. The molecule has 0 radical (unpaired) electrons. The number of hydrogen-bond acceptors (Lipinski definition) is 6. The molecule has 8 nitrogen and oxygen atoms in total. The third-order valence-electron chi connectivity index (χ3n) is 4.34. The lowest BCUT2D eigenvalue weighted by molar-refractivity contribution is 0.651. The lowest BCUT2D eigenvalue weighted by Gasteiger charge is -2.07. The zero-order valence-corrected chi connectivity index (χ0v) is 16.0. The molecule has 0 saturated heterocycles. The van der Waals surface area contributed by atoms with Gasteiger partial charge in [-0.3, -0.25) is 9.89 Å². The Balaban J connectivity index is 1.56. The van der Waals surface area contributed by atoms with Gasteiger partial charge in [0, 0.05) is 31.0 Å². The number of H-pyrrole nitrogens is 1. The van der Waals surface area contributed by atoms with Gasteiger partial charge in [0.05, 0.1) is 5.69 Å². The Morgan fingerprint density at radius 3 is 2.82 bits per heavy atom. The molecule has 0 spiro atoms. The summed E-state index contributed by atoms with van der Waals surface area (Å²) in [5.74, 6) is 1.36. The maximum atomic E-state index is 12.2. The topological polar surface area (TPSA) is 105 Å². The summed E-state index contributed by atoms with van der Waals surface area (Å²) < 4.78 is 3.33. The molecule has 28 heavy (non-hydrogen) atoms. The zero-order valence-electron chi connectivity index (χ0n) is 15.2. The van der Waals surface area contributed by atoms with Gasteiger partial charge < -0.3 is 4.57 Å². The lowest BCUT2D eigenvalue weighted by atomic mass is 10.1. The van der Waals surface area contributed by atoms with Gasteiger partial charge in [-0.05, 0) is 12.5 Å². The van der Waals surface area contributed by atoms with Crippen molar-refractivity contribution < 1.29 is 0 Å². The number of rotatable bonds is 6. The van der Waals surface area contributed by atoms with Gasteiger partial charge >= 0.3 is 0 Å². The van der Waals surface area contributed by atoms with E-state index in [0.29, 0.717) is 29.1 Å². The Bertz CT molecular complexity index is 1220. The van der Waals surface area contributed by atoms with Crippen molar-refractivity contribution in [3.05, 3.63) is 75.6 Å². The van der Waals surface area contributed by atoms with Crippen LogP contribution in [-0.4, -0.2) is 29.4 Å². The van der Waals surface area contributed by atoms with E-state index < -0.39 is 0 Å². The van der Waals surface area contributed by atoms with Crippen LogP contribution in [0.2, 0.25) is 0 Å². The van der Waals surface area contributed by atoms with Crippen molar-refractivity contribution in [3.63, 3.8) is 0 Å². The van der Waals surface area contributed by atoms with Crippen LogP contribution < -0.4 is 5.56 Å². The van der Waals surface area contributed by atoms with E-state index in [1.807, 2.05) is 24.3 Å². The highest BCUT2D eigenvalue weighted by Gasteiger charge is 2.14. The second kappa shape index (κ2) is 7.70. The van der Waals surface area contributed by atoms with Gasteiger partial charge in [-0.1, -0.05) is 42.1 Å². The Labute approximate surface area is 164 Å². The van der Waals surface area contributed by atoms with Crippen molar-refractivity contribution in [1.29, 1.82) is 5.26 Å². The van der Waals surface area contributed by atoms with E-state index in [1.165, 1.54) is 34.1 Å². The normalized spacial score (nSPS) is 11.0. The number of nitriles is 1. The zero-order chi connectivity index (χ0) is 19.5. The van der Waals surface area contributed by atoms with Crippen LogP contribution in [0.25, 0.3) is 5.65 Å². The first-order valence-electron chi connectivity index (χ1n) is 8.78. The Hall–Kier alpha value is -3.38. The fraction of sp³-hybridized carbons (Fsp3) is 0.211. The maximum absolute atomic E-state index is 12.2. The van der Waals surface area contributed by atoms with E-state index in [-0.39, 0.29) is 5.56 Å². The van der Waals surface area contributed by atoms with Gasteiger partial charge in [-0.15, -0.1) is 10.2 Å². The lowest BCUT2D eigenvalue weighted by Crippen LogP contribution is -2.15. The Kier molecular flexibility index (Phi) is 4.95. The summed E-state index contributed by atoms with van der Waals surface area (Å²) >= 11 is 1.48. The number of fused-ring (bicyclic) bond motifs is 1. The summed E-state index contributed by atoms with van der Waals surface area (Å²) in [5, 5.41) is 21.3. The molecule has 3 heterocycles. The predicted molar refractivity (Wildman–Crippen MR) is 105 cm³/mol. The largest absolute Gasteiger partial charge is 0.306 e. The molecule has 0 aliphatic heterocycles. The second-order valence-corrected chi connectivity index (χ2v) is 7.08. The van der Waals surface area contributed by atoms with Crippen molar-refractivity contribution >= 4 is 17.4 Å². The van der Waals surface area contributed by atoms with E-state index in [1.54, 1.807) is 0 Å². The van der Waals surface area contributed by atoms with Crippen LogP contribution in [0.3, 0.4) is 0 Å². The molecule has 140 valence electrons. The maximum Gasteiger partial charge on any atom is 0.272 e. The standard InChI is InChI=1S/C19H17N7OS/c1-2-25-16(8-13-6-4-3-5-7-13)23-24-19(25)28-12-15-9-17(27)26-18(22-15)14(10-20)11-21-26/h3-7,9,11,21H,2,8,12H2,1H3. The number of nitrogens with one attached hydrogen (secondary N) is 1. The molecule has 3 aromatic heterocycles. The van der Waals surface area contributed by atoms with Gasteiger partial charge in [0.15, 0.2) is 10.8 Å². The molecule has 1 aromatic carbocycles. The van der Waals surface area contributed by atoms with Crippen LogP contribution in [0, 0.1) is 11.3 Å². The highest BCUT2D eigenvalue weighted by atomic mass is 32.2. The van der Waals surface area contributed by atoms with Gasteiger partial charge in [0.25, 0.3) is 5.56 Å². The van der Waals surface area contributed by atoms with Crippen LogP contribution in [0.4, 0.5) is 0 Å². The Morgan fingerprint density at radius 1 is 1.25 bits per heavy atom. The second-order valence-electron chi connectivity index (χ2n) is 6.14. The van der Waals surface area contributed by atoms with Crippen molar-refractivity contribution in [2.45, 2.75) is 30.8 Å². The molecule has 0 aliphatic carbocycles. The summed E-state index contributed by atoms with van der Waals surface area (Å²) in [6.07, 6.45) is 2.19. The summed E-state index contributed by atoms with van der Waals surface area (Å²) in [5.41, 5.74) is 2.21. The monoisotopic (exact) mass is 391 g/mol. The SMILES string of the molecule is CCn1c(Cc2ccccc2)nnc1SCc1cc(=O)n2[nH]cc(C#N)c2n1. The number of benzene rings is 1. The number of aromatic amines is 1. The van der Waals surface area contributed by atoms with Crippen LogP contribution >= 0.6 is 11.8 Å². The number of nitrogens with zero attached hydrogens (tertiary/aromatic N) is 6. The summed E-state index contributed by atoms with van der Waals surface area (Å²) in [7, 11) is 0. The average Bonchev–Trinajstić information content (AvgIpc) is 3.30. The molecule has 0 saturated carbocycles. The molecule has 4 rings (SSSR count). The van der Waals surface area contributed by atoms with E-state index >= 15 is 0 Å². The summed E-state index contributed by atoms with van der Waals surface area (Å²) in [6, 6.07) is 13.6. The van der Waals surface area contributed by atoms with Gasteiger partial charge in [0.2, 0.25) is 0 Å². The van der Waals surface area contributed by atoms with Crippen LogP contribution in [0.1, 0.15) is 29.6 Å². The number of hydrogen-bond donors (Lipinski definition) is 1. The fourth-order valence-electron chi connectivity index (χ4n) is 2.98. The van der Waals surface area contributed by atoms with Crippen LogP contribution in [0.15, 0.2) is 52.5 Å². The third-order valence-corrected chi connectivity index (χ3v) is 5.34. The summed E-state index contributed by atoms with van der Waals surface area (Å²) in [4.78, 5) is 16.7. The third kappa shape index (κ3) is 3.42. The van der Waals surface area contributed by atoms with Gasteiger partial charge in [0.1, 0.15) is 17.5 Å². The minimum atomic E-state index is -0.246. The molecule has 9 heteroatoms. The molecule has 0 atom stereocenters. The van der Waals surface area contributed by atoms with Crippen molar-refractivity contribution in [1.82, 2.24) is 29.4 Å². The summed E-state index contributed by atoms with van der Waals surface area (Å²) in [6.45, 7) is 2.81. The van der Waals surface area contributed by atoms with Crippen molar-refractivity contribution in [2.24, 2.45) is 0 Å². The van der Waals surface area contributed by atoms with Gasteiger partial charge in [-0.25, -0.2) is 9.50 Å².